The van der Waals surface area contributed by atoms with Crippen LogP contribution in [-0.4, -0.2) is 19.1 Å². The first-order chi connectivity index (χ1) is 22.9. The molecule has 0 saturated heterocycles. The van der Waals surface area contributed by atoms with Crippen LogP contribution in [0.1, 0.15) is 122 Å². The fourth-order valence-electron chi connectivity index (χ4n) is 9.85. The number of nitrogens with zero attached hydrogens (tertiary/aromatic N) is 3. The molecule has 2 aromatic carbocycles. The van der Waals surface area contributed by atoms with Crippen molar-refractivity contribution in [1.82, 2.24) is 19.1 Å². The highest BCUT2D eigenvalue weighted by molar-refractivity contribution is 5.48. The van der Waals surface area contributed by atoms with E-state index in [2.05, 4.69) is 60.5 Å². The number of H-pyrrole nitrogens is 1. The molecule has 2 fully saturated rings. The molecule has 2 heterocycles. The van der Waals surface area contributed by atoms with Gasteiger partial charge in [0.2, 0.25) is 0 Å². The van der Waals surface area contributed by atoms with E-state index in [1.54, 1.807) is 0 Å². The first-order valence-corrected chi connectivity index (χ1v) is 17.5. The Kier molecular flexibility index (Phi) is 7.45. The van der Waals surface area contributed by atoms with E-state index < -0.39 is 23.3 Å². The monoisotopic (exact) mass is 678 g/mol. The largest absolute Gasteiger partial charge is 0.294 e. The van der Waals surface area contributed by atoms with Gasteiger partial charge in [0.25, 0.3) is 11.1 Å². The summed E-state index contributed by atoms with van der Waals surface area (Å²) in [5, 5.41) is 3.11. The van der Waals surface area contributed by atoms with Crippen LogP contribution in [0.2, 0.25) is 0 Å². The van der Waals surface area contributed by atoms with Gasteiger partial charge in [0.05, 0.1) is 5.69 Å². The molecule has 8 rings (SSSR count). The smallest absolute Gasteiger partial charge is 0.275 e. The topological polar surface area (TPSA) is 64.7 Å². The highest BCUT2D eigenvalue weighted by Crippen LogP contribution is 2.68. The van der Waals surface area contributed by atoms with Gasteiger partial charge >= 0.3 is 0 Å². The molecule has 49 heavy (non-hydrogen) atoms. The summed E-state index contributed by atoms with van der Waals surface area (Å²) < 4.78 is 59.8. The van der Waals surface area contributed by atoms with E-state index in [1.165, 1.54) is 27.6 Å². The standard InChI is InChI=1S/C22H28F2N2O.C17H18F2N2O/c1-13(2)9-11-25-19-18(15-8-10-22(19,5)21(15,3)4)20(27)26(25)17-7-6-14(23)12-16(17)24;1-16(2)10-6-7-17(16,3)14-13(10)15(22)21(20-14)12-5-4-9(18)8-11(12)19/h6-7,12-13,15H,8-11H2,1-5H3;4-5,8,10,20H,6-7H2,1-3H3/t15-,22+;10-,17+/m11/s1. The van der Waals surface area contributed by atoms with Crippen molar-refractivity contribution in [2.75, 3.05) is 0 Å². The quantitative estimate of drug-likeness (QED) is 0.215. The van der Waals surface area contributed by atoms with Gasteiger partial charge in [0.1, 0.15) is 23.0 Å². The Hall–Kier alpha value is -3.82. The van der Waals surface area contributed by atoms with Crippen molar-refractivity contribution < 1.29 is 17.6 Å². The predicted octanol–water partition coefficient (Wildman–Crippen LogP) is 8.76. The molecular formula is C39H46F4N4O2. The first-order valence-electron chi connectivity index (χ1n) is 17.5. The molecule has 10 heteroatoms. The molecule has 4 aliphatic rings. The van der Waals surface area contributed by atoms with Crippen LogP contribution in [0.15, 0.2) is 46.0 Å². The zero-order chi connectivity index (χ0) is 35.6. The molecule has 4 atom stereocenters. The minimum absolute atomic E-state index is 0.0108. The average molecular weight is 679 g/mol. The second-order valence-electron chi connectivity index (χ2n) is 16.7. The lowest BCUT2D eigenvalue weighted by molar-refractivity contribution is 0.213. The molecule has 2 saturated carbocycles. The number of aromatic nitrogens is 4. The van der Waals surface area contributed by atoms with Crippen LogP contribution < -0.4 is 11.1 Å². The van der Waals surface area contributed by atoms with E-state index in [4.69, 9.17) is 0 Å². The van der Waals surface area contributed by atoms with E-state index in [0.717, 1.165) is 72.8 Å². The third-order valence-corrected chi connectivity index (χ3v) is 13.5. The number of aromatic amines is 1. The maximum Gasteiger partial charge on any atom is 0.275 e. The predicted molar refractivity (Wildman–Crippen MR) is 182 cm³/mol. The number of fused-ring (bicyclic) bond motifs is 10. The van der Waals surface area contributed by atoms with Crippen molar-refractivity contribution in [2.45, 2.75) is 117 Å². The van der Waals surface area contributed by atoms with E-state index in [0.29, 0.717) is 12.5 Å². The lowest BCUT2D eigenvalue weighted by Gasteiger charge is -2.36. The molecule has 1 N–H and O–H groups in total. The number of hydrogen-bond donors (Lipinski definition) is 1. The lowest BCUT2D eigenvalue weighted by atomic mass is 9.70. The Morgan fingerprint density at radius 1 is 0.755 bits per heavy atom. The van der Waals surface area contributed by atoms with Crippen LogP contribution in [0.3, 0.4) is 0 Å². The van der Waals surface area contributed by atoms with Crippen LogP contribution in [0.25, 0.3) is 11.4 Å². The number of hydrogen-bond acceptors (Lipinski definition) is 2. The Bertz CT molecular complexity index is 2120. The molecule has 6 nitrogen and oxygen atoms in total. The molecule has 0 aliphatic heterocycles. The summed E-state index contributed by atoms with van der Waals surface area (Å²) in [5.41, 5.74) is 3.30. The van der Waals surface area contributed by atoms with Gasteiger partial charge < -0.3 is 0 Å². The zero-order valence-corrected chi connectivity index (χ0v) is 29.6. The molecule has 0 amide bonds. The van der Waals surface area contributed by atoms with E-state index >= 15 is 0 Å². The maximum absolute atomic E-state index is 14.6. The summed E-state index contributed by atoms with van der Waals surface area (Å²) in [6.45, 7) is 18.2. The van der Waals surface area contributed by atoms with Crippen molar-refractivity contribution >= 4 is 0 Å². The normalized spacial score (nSPS) is 26.6. The minimum Gasteiger partial charge on any atom is -0.294 e. The van der Waals surface area contributed by atoms with Gasteiger partial charge in [-0.1, -0.05) is 55.4 Å². The van der Waals surface area contributed by atoms with Crippen molar-refractivity contribution in [3.8, 4) is 11.4 Å². The molecule has 4 aliphatic carbocycles. The fraction of sp³-hybridized carbons (Fsp3) is 0.538. The van der Waals surface area contributed by atoms with Gasteiger partial charge in [-0.2, -0.15) is 0 Å². The summed E-state index contributed by atoms with van der Waals surface area (Å²) in [7, 11) is 0. The molecule has 4 bridgehead atoms. The first kappa shape index (κ1) is 33.7. The molecule has 4 aromatic rings. The molecule has 0 radical (unpaired) electrons. The number of halogens is 4. The van der Waals surface area contributed by atoms with Crippen LogP contribution in [0, 0.1) is 40.0 Å². The summed E-state index contributed by atoms with van der Waals surface area (Å²) in [5.74, 6) is -1.87. The Labute approximate surface area is 284 Å². The van der Waals surface area contributed by atoms with Crippen LogP contribution in [0.4, 0.5) is 17.6 Å². The summed E-state index contributed by atoms with van der Waals surface area (Å²) in [6, 6.07) is 6.71. The van der Waals surface area contributed by atoms with Crippen LogP contribution in [-0.2, 0) is 17.4 Å². The van der Waals surface area contributed by atoms with Gasteiger partial charge in [0, 0.05) is 46.3 Å². The summed E-state index contributed by atoms with van der Waals surface area (Å²) in [6.07, 6.45) is 4.92. The Morgan fingerprint density at radius 2 is 1.29 bits per heavy atom. The number of nitrogens with one attached hydrogen (secondary N) is 1. The third kappa shape index (κ3) is 4.43. The molecule has 262 valence electrons. The van der Waals surface area contributed by atoms with Gasteiger partial charge in [0.15, 0.2) is 11.6 Å². The van der Waals surface area contributed by atoms with Gasteiger partial charge in [-0.3, -0.25) is 19.4 Å². The molecule has 0 spiro atoms. The van der Waals surface area contributed by atoms with Crippen LogP contribution in [0.5, 0.6) is 0 Å². The SMILES string of the molecule is CC(C)CCn1c2c(c(=O)n1-c1ccc(F)cc1F)[C@H]1CC[C@]2(C)C1(C)C.CC1(C)[C@@H]2CC[C@@]1(C)c1[nH]n(-c3ccc(F)cc3F)c(=O)c12. The van der Waals surface area contributed by atoms with Crippen molar-refractivity contribution in [3.05, 3.63) is 103 Å². The lowest BCUT2D eigenvalue weighted by Crippen LogP contribution is -2.36. The molecule has 2 aromatic heterocycles. The van der Waals surface area contributed by atoms with Crippen molar-refractivity contribution in [1.29, 1.82) is 0 Å². The second-order valence-corrected chi connectivity index (χ2v) is 16.7. The highest BCUT2D eigenvalue weighted by Gasteiger charge is 2.63. The van der Waals surface area contributed by atoms with E-state index in [-0.39, 0.29) is 56.0 Å². The van der Waals surface area contributed by atoms with Gasteiger partial charge in [-0.05, 0) is 85.0 Å². The minimum atomic E-state index is -0.737. The van der Waals surface area contributed by atoms with Gasteiger partial charge in [-0.15, -0.1) is 0 Å². The number of rotatable bonds is 5. The molecular weight excluding hydrogens is 632 g/mol. The summed E-state index contributed by atoms with van der Waals surface area (Å²) in [4.78, 5) is 26.3. The maximum atomic E-state index is 14.6. The number of benzene rings is 2. The van der Waals surface area contributed by atoms with Crippen molar-refractivity contribution in [2.24, 2.45) is 16.7 Å². The average Bonchev–Trinajstić information content (AvgIpc) is 3.73. The third-order valence-electron chi connectivity index (χ3n) is 13.5. The molecule has 0 unspecified atom stereocenters. The fourth-order valence-corrected chi connectivity index (χ4v) is 9.85. The second kappa shape index (κ2) is 10.8. The Morgan fingerprint density at radius 3 is 1.84 bits per heavy atom. The van der Waals surface area contributed by atoms with E-state index in [9.17, 15) is 27.2 Å². The van der Waals surface area contributed by atoms with Gasteiger partial charge in [-0.25, -0.2) is 26.9 Å². The zero-order valence-electron chi connectivity index (χ0n) is 29.6. The van der Waals surface area contributed by atoms with E-state index in [1.807, 2.05) is 4.68 Å². The summed E-state index contributed by atoms with van der Waals surface area (Å²) >= 11 is 0. The van der Waals surface area contributed by atoms with Crippen LogP contribution >= 0.6 is 0 Å². The van der Waals surface area contributed by atoms with Crippen molar-refractivity contribution in [3.63, 3.8) is 0 Å². The Balaban J connectivity index is 0.000000157. The highest BCUT2D eigenvalue weighted by atomic mass is 19.1.